The van der Waals surface area contributed by atoms with Gasteiger partial charge in [-0.15, -0.1) is 0 Å². The molecule has 1 amide bonds. The molecule has 0 aromatic rings. The molecule has 1 aliphatic heterocycles. The maximum Gasteiger partial charge on any atom is 0.221 e. The number of nitrogens with zero attached hydrogens (tertiary/aromatic N) is 2. The number of rotatable bonds is 6. The van der Waals surface area contributed by atoms with Crippen LogP contribution in [0.25, 0.3) is 0 Å². The van der Waals surface area contributed by atoms with Gasteiger partial charge in [-0.3, -0.25) is 14.6 Å². The maximum atomic E-state index is 11.6. The van der Waals surface area contributed by atoms with Crippen molar-refractivity contribution in [1.82, 2.24) is 15.1 Å². The molecule has 1 unspecified atom stereocenters. The van der Waals surface area contributed by atoms with Crippen LogP contribution in [0.15, 0.2) is 0 Å². The molecule has 2 fully saturated rings. The maximum absolute atomic E-state index is 11.6. The van der Waals surface area contributed by atoms with Crippen molar-refractivity contribution in [2.75, 3.05) is 39.3 Å². The fraction of sp³-hybridized carbons (Fsp3) is 0.923. The van der Waals surface area contributed by atoms with E-state index in [9.17, 15) is 4.79 Å². The van der Waals surface area contributed by atoms with Gasteiger partial charge < -0.3 is 11.1 Å². The molecular weight excluding hydrogens is 228 g/mol. The molecule has 104 valence electrons. The molecular formula is C13H26N4O. The van der Waals surface area contributed by atoms with Gasteiger partial charge in [0.2, 0.25) is 5.91 Å². The van der Waals surface area contributed by atoms with Crippen molar-refractivity contribution in [2.45, 2.75) is 38.3 Å². The highest BCUT2D eigenvalue weighted by molar-refractivity contribution is 5.76. The Morgan fingerprint density at radius 1 is 1.33 bits per heavy atom. The molecule has 1 heterocycles. The number of hydrogen-bond donors (Lipinski definition) is 2. The molecule has 5 heteroatoms. The van der Waals surface area contributed by atoms with Crippen molar-refractivity contribution in [3.05, 3.63) is 0 Å². The lowest BCUT2D eigenvalue weighted by Gasteiger charge is -2.38. The number of carbonyl (C=O) groups is 1. The first kappa shape index (κ1) is 13.8. The average molecular weight is 254 g/mol. The van der Waals surface area contributed by atoms with E-state index in [1.807, 2.05) is 6.92 Å². The summed E-state index contributed by atoms with van der Waals surface area (Å²) >= 11 is 0. The first-order valence-corrected chi connectivity index (χ1v) is 7.19. The van der Waals surface area contributed by atoms with E-state index >= 15 is 0 Å². The molecule has 1 atom stereocenters. The molecule has 2 rings (SSSR count). The molecule has 1 aliphatic carbocycles. The molecule has 3 N–H and O–H groups in total. The van der Waals surface area contributed by atoms with Crippen LogP contribution in [0, 0.1) is 0 Å². The lowest BCUT2D eigenvalue weighted by atomic mass is 10.1. The normalized spacial score (nSPS) is 23.9. The quantitative estimate of drug-likeness (QED) is 0.678. The topological polar surface area (TPSA) is 61.6 Å². The Kier molecular flexibility index (Phi) is 4.97. The second-order valence-corrected chi connectivity index (χ2v) is 5.35. The first-order valence-electron chi connectivity index (χ1n) is 7.19. The van der Waals surface area contributed by atoms with Crippen molar-refractivity contribution in [2.24, 2.45) is 5.73 Å². The summed E-state index contributed by atoms with van der Waals surface area (Å²) in [6, 6.07) is 1.06. The van der Waals surface area contributed by atoms with Crippen LogP contribution >= 0.6 is 0 Å². The van der Waals surface area contributed by atoms with E-state index in [0.29, 0.717) is 19.5 Å². The van der Waals surface area contributed by atoms with Crippen LogP contribution in [-0.4, -0.2) is 67.1 Å². The number of nitrogens with two attached hydrogens (primary N) is 1. The van der Waals surface area contributed by atoms with Gasteiger partial charge >= 0.3 is 0 Å². The molecule has 5 nitrogen and oxygen atoms in total. The third kappa shape index (κ3) is 3.67. The SMILES string of the molecule is CCNC(=O)CC(CN)N1CCN(C2CC2)CC1. The van der Waals surface area contributed by atoms with Crippen LogP contribution in [0.5, 0.6) is 0 Å². The first-order chi connectivity index (χ1) is 8.74. The fourth-order valence-corrected chi connectivity index (χ4v) is 2.75. The average Bonchev–Trinajstić information content (AvgIpc) is 3.21. The molecule has 18 heavy (non-hydrogen) atoms. The third-order valence-electron chi connectivity index (χ3n) is 4.00. The number of piperazine rings is 1. The lowest BCUT2D eigenvalue weighted by molar-refractivity contribution is -0.122. The second kappa shape index (κ2) is 6.50. The Morgan fingerprint density at radius 3 is 2.50 bits per heavy atom. The summed E-state index contributed by atoms with van der Waals surface area (Å²) in [6.45, 7) is 7.60. The largest absolute Gasteiger partial charge is 0.356 e. The van der Waals surface area contributed by atoms with Gasteiger partial charge in [-0.1, -0.05) is 0 Å². The Labute approximate surface area is 110 Å². The van der Waals surface area contributed by atoms with Crippen molar-refractivity contribution < 1.29 is 4.79 Å². The summed E-state index contributed by atoms with van der Waals surface area (Å²) in [4.78, 5) is 16.6. The number of amides is 1. The second-order valence-electron chi connectivity index (χ2n) is 5.35. The Morgan fingerprint density at radius 2 is 2.00 bits per heavy atom. The molecule has 0 aromatic heterocycles. The van der Waals surface area contributed by atoms with E-state index in [1.54, 1.807) is 0 Å². The van der Waals surface area contributed by atoms with E-state index in [1.165, 1.54) is 12.8 Å². The van der Waals surface area contributed by atoms with Crippen LogP contribution < -0.4 is 11.1 Å². The minimum atomic E-state index is 0.123. The van der Waals surface area contributed by atoms with Gasteiger partial charge in [-0.25, -0.2) is 0 Å². The summed E-state index contributed by atoms with van der Waals surface area (Å²) in [5.74, 6) is 0.123. The van der Waals surface area contributed by atoms with Crippen molar-refractivity contribution in [3.63, 3.8) is 0 Å². The third-order valence-corrected chi connectivity index (χ3v) is 4.00. The summed E-state index contributed by atoms with van der Waals surface area (Å²) in [7, 11) is 0. The zero-order chi connectivity index (χ0) is 13.0. The van der Waals surface area contributed by atoms with E-state index in [-0.39, 0.29) is 11.9 Å². The van der Waals surface area contributed by atoms with Crippen LogP contribution in [0.3, 0.4) is 0 Å². The van der Waals surface area contributed by atoms with Gasteiger partial charge in [0.05, 0.1) is 0 Å². The van der Waals surface area contributed by atoms with Crippen LogP contribution in [0.1, 0.15) is 26.2 Å². The van der Waals surface area contributed by atoms with Gasteiger partial charge in [0.15, 0.2) is 0 Å². The Bertz CT molecular complexity index is 272. The standard InChI is InChI=1S/C13H26N4O/c1-2-15-13(18)9-12(10-14)17-7-5-16(6-8-17)11-3-4-11/h11-12H,2-10,14H2,1H3,(H,15,18). The molecule has 2 aliphatic rings. The minimum Gasteiger partial charge on any atom is -0.356 e. The van der Waals surface area contributed by atoms with Gasteiger partial charge in [-0.2, -0.15) is 0 Å². The predicted molar refractivity (Wildman–Crippen MR) is 72.3 cm³/mol. The van der Waals surface area contributed by atoms with Gasteiger partial charge in [0.1, 0.15) is 0 Å². The van der Waals surface area contributed by atoms with E-state index in [4.69, 9.17) is 5.73 Å². The van der Waals surface area contributed by atoms with E-state index in [0.717, 1.165) is 32.2 Å². The zero-order valence-electron chi connectivity index (χ0n) is 11.4. The highest BCUT2D eigenvalue weighted by Gasteiger charge is 2.32. The van der Waals surface area contributed by atoms with Crippen LogP contribution in [0.4, 0.5) is 0 Å². The summed E-state index contributed by atoms with van der Waals surface area (Å²) in [5, 5.41) is 2.85. The minimum absolute atomic E-state index is 0.123. The van der Waals surface area contributed by atoms with Crippen molar-refractivity contribution in [1.29, 1.82) is 0 Å². The summed E-state index contributed by atoms with van der Waals surface area (Å²) in [6.07, 6.45) is 3.28. The smallest absolute Gasteiger partial charge is 0.221 e. The number of carbonyl (C=O) groups excluding carboxylic acids is 1. The van der Waals surface area contributed by atoms with E-state index < -0.39 is 0 Å². The molecule has 0 radical (unpaired) electrons. The lowest BCUT2D eigenvalue weighted by Crippen LogP contribution is -2.53. The fourth-order valence-electron chi connectivity index (χ4n) is 2.75. The highest BCUT2D eigenvalue weighted by Crippen LogP contribution is 2.27. The monoisotopic (exact) mass is 254 g/mol. The Balaban J connectivity index is 1.76. The van der Waals surface area contributed by atoms with Crippen LogP contribution in [-0.2, 0) is 4.79 Å². The molecule has 0 bridgehead atoms. The zero-order valence-corrected chi connectivity index (χ0v) is 11.4. The number of nitrogens with one attached hydrogen (secondary N) is 1. The molecule has 1 saturated heterocycles. The molecule has 1 saturated carbocycles. The Hall–Kier alpha value is -0.650. The number of hydrogen-bond acceptors (Lipinski definition) is 4. The summed E-state index contributed by atoms with van der Waals surface area (Å²) < 4.78 is 0. The van der Waals surface area contributed by atoms with Gasteiger partial charge in [0, 0.05) is 57.8 Å². The summed E-state index contributed by atoms with van der Waals surface area (Å²) in [5.41, 5.74) is 5.82. The molecule has 0 spiro atoms. The van der Waals surface area contributed by atoms with Gasteiger partial charge in [0.25, 0.3) is 0 Å². The van der Waals surface area contributed by atoms with Gasteiger partial charge in [-0.05, 0) is 19.8 Å². The van der Waals surface area contributed by atoms with Crippen molar-refractivity contribution >= 4 is 5.91 Å². The highest BCUT2D eigenvalue weighted by atomic mass is 16.1. The van der Waals surface area contributed by atoms with E-state index in [2.05, 4.69) is 15.1 Å². The molecule has 0 aromatic carbocycles. The predicted octanol–water partition coefficient (Wildman–Crippen LogP) is -0.380. The van der Waals surface area contributed by atoms with Crippen molar-refractivity contribution in [3.8, 4) is 0 Å². The van der Waals surface area contributed by atoms with Crippen LogP contribution in [0.2, 0.25) is 0 Å².